The van der Waals surface area contributed by atoms with E-state index < -0.39 is 0 Å². The minimum absolute atomic E-state index is 0.169. The van der Waals surface area contributed by atoms with E-state index in [-0.39, 0.29) is 11.8 Å². The minimum atomic E-state index is -0.359. The van der Waals surface area contributed by atoms with Crippen LogP contribution in [-0.2, 0) is 17.6 Å². The van der Waals surface area contributed by atoms with Crippen molar-refractivity contribution < 1.29 is 13.9 Å². The number of aromatic nitrogens is 1. The number of rotatable bonds is 4. The van der Waals surface area contributed by atoms with Crippen molar-refractivity contribution in [1.82, 2.24) is 4.98 Å². The average Bonchev–Trinajstić information content (AvgIpc) is 2.79. The van der Waals surface area contributed by atoms with Gasteiger partial charge in [0, 0.05) is 23.0 Å². The Kier molecular flexibility index (Phi) is 7.85. The molecule has 1 aliphatic carbocycles. The first kappa shape index (κ1) is 21.8. The molecule has 0 amide bonds. The average molecular weight is 425 g/mol. The number of fused-ring (bicyclic) bond motifs is 1. The Labute approximate surface area is 180 Å². The van der Waals surface area contributed by atoms with Crippen LogP contribution in [0.2, 0.25) is 0 Å². The number of methoxy groups -OCH3 is 1. The summed E-state index contributed by atoms with van der Waals surface area (Å²) in [5.74, 6) is -0.528. The van der Waals surface area contributed by atoms with Crippen LogP contribution in [0.25, 0.3) is 0 Å². The van der Waals surface area contributed by atoms with E-state index in [4.69, 9.17) is 0 Å². The lowest BCUT2D eigenvalue weighted by Gasteiger charge is -2.16. The summed E-state index contributed by atoms with van der Waals surface area (Å²) in [5.41, 5.74) is 4.13. The second-order valence-electron chi connectivity index (χ2n) is 6.86. The van der Waals surface area contributed by atoms with E-state index in [1.807, 2.05) is 6.07 Å². The summed E-state index contributed by atoms with van der Waals surface area (Å²) < 4.78 is 17.7. The van der Waals surface area contributed by atoms with E-state index in [1.165, 1.54) is 54.9 Å². The van der Waals surface area contributed by atoms with E-state index in [2.05, 4.69) is 33.2 Å². The number of carbonyl (C=O) groups is 1. The molecule has 0 radical (unpaired) electrons. The molecule has 2 aromatic carbocycles. The molecule has 0 bridgehead atoms. The molecule has 4 rings (SSSR count). The molecule has 1 N–H and O–H groups in total. The zero-order valence-corrected chi connectivity index (χ0v) is 18.0. The summed E-state index contributed by atoms with van der Waals surface area (Å²) in [7, 11) is 3.08. The molecule has 3 aromatic rings. The largest absolute Gasteiger partial charge is 0.465 e. The fourth-order valence-electron chi connectivity index (χ4n) is 3.32. The van der Waals surface area contributed by atoms with Gasteiger partial charge in [0.05, 0.1) is 24.6 Å². The van der Waals surface area contributed by atoms with Gasteiger partial charge >= 0.3 is 5.97 Å². The highest BCUT2D eigenvalue weighted by molar-refractivity contribution is 7.99. The van der Waals surface area contributed by atoms with Crippen LogP contribution < -0.4 is 5.32 Å². The van der Waals surface area contributed by atoms with Gasteiger partial charge in [0.1, 0.15) is 5.82 Å². The third kappa shape index (κ3) is 5.83. The van der Waals surface area contributed by atoms with E-state index in [0.29, 0.717) is 11.3 Å². The number of ether oxygens (including phenoxy) is 1. The Bertz CT molecular complexity index is 1010. The summed E-state index contributed by atoms with van der Waals surface area (Å²) in [4.78, 5) is 17.1. The number of carbonyl (C=O) groups excluding carboxylic acids is 1. The molecule has 0 spiro atoms. The lowest BCUT2D eigenvalue weighted by molar-refractivity contribution is 0.0601. The van der Waals surface area contributed by atoms with Crippen molar-refractivity contribution in [3.8, 4) is 0 Å². The number of esters is 1. The second kappa shape index (κ2) is 10.8. The van der Waals surface area contributed by atoms with Crippen LogP contribution in [0.1, 0.15) is 34.3 Å². The summed E-state index contributed by atoms with van der Waals surface area (Å²) in [6.45, 7) is 0. The highest BCUT2D eigenvalue weighted by atomic mass is 32.2. The molecule has 0 aliphatic heterocycles. The van der Waals surface area contributed by atoms with E-state index in [9.17, 15) is 9.18 Å². The fraction of sp³-hybridized carbons (Fsp3) is 0.250. The highest BCUT2D eigenvalue weighted by Gasteiger charge is 2.10. The number of hydrogen-bond donors (Lipinski definition) is 1. The van der Waals surface area contributed by atoms with Crippen molar-refractivity contribution >= 4 is 23.4 Å². The van der Waals surface area contributed by atoms with Gasteiger partial charge in [-0.05, 0) is 73.2 Å². The van der Waals surface area contributed by atoms with Crippen molar-refractivity contribution in [2.75, 3.05) is 19.5 Å². The zero-order chi connectivity index (χ0) is 21.3. The lowest BCUT2D eigenvalue weighted by Crippen LogP contribution is -2.05. The van der Waals surface area contributed by atoms with Crippen molar-refractivity contribution in [2.45, 2.75) is 35.5 Å². The van der Waals surface area contributed by atoms with Crippen molar-refractivity contribution in [2.24, 2.45) is 0 Å². The first-order valence-electron chi connectivity index (χ1n) is 9.86. The van der Waals surface area contributed by atoms with Gasteiger partial charge in [-0.2, -0.15) is 0 Å². The molecule has 30 heavy (non-hydrogen) atoms. The first-order valence-corrected chi connectivity index (χ1v) is 10.7. The summed E-state index contributed by atoms with van der Waals surface area (Å²) in [5, 5.41) is 2.85. The van der Waals surface area contributed by atoms with Gasteiger partial charge < -0.3 is 10.1 Å². The number of anilines is 1. The van der Waals surface area contributed by atoms with Crippen molar-refractivity contribution in [1.29, 1.82) is 0 Å². The van der Waals surface area contributed by atoms with E-state index in [1.54, 1.807) is 49.4 Å². The molecule has 1 aromatic heterocycles. The number of nitrogens with one attached hydrogen (secondary N) is 1. The molecule has 4 nitrogen and oxygen atoms in total. The van der Waals surface area contributed by atoms with Crippen LogP contribution >= 0.6 is 11.8 Å². The number of hydrogen-bond acceptors (Lipinski definition) is 5. The maximum absolute atomic E-state index is 13.1. The van der Waals surface area contributed by atoms with Gasteiger partial charge in [0.2, 0.25) is 0 Å². The SMILES string of the molecule is CNc1cnccc1C(=O)OC.Fc1cccc(Sc2ccc3c(c2)CCCC3)c1. The quantitative estimate of drug-likeness (QED) is 0.539. The summed E-state index contributed by atoms with van der Waals surface area (Å²) in [6, 6.07) is 15.0. The molecule has 0 fully saturated rings. The van der Waals surface area contributed by atoms with Crippen LogP contribution in [0.15, 0.2) is 70.7 Å². The van der Waals surface area contributed by atoms with Gasteiger partial charge in [-0.25, -0.2) is 9.18 Å². The number of nitrogens with zero attached hydrogens (tertiary/aromatic N) is 1. The summed E-state index contributed by atoms with van der Waals surface area (Å²) in [6.07, 6.45) is 8.12. The Morgan fingerprint density at radius 3 is 2.57 bits per heavy atom. The van der Waals surface area contributed by atoms with Crippen LogP contribution in [0.5, 0.6) is 0 Å². The number of pyridine rings is 1. The first-order chi connectivity index (χ1) is 14.6. The minimum Gasteiger partial charge on any atom is -0.465 e. The number of benzene rings is 2. The van der Waals surface area contributed by atoms with Crippen LogP contribution in [-0.4, -0.2) is 25.1 Å². The van der Waals surface area contributed by atoms with E-state index in [0.717, 1.165) is 4.90 Å². The number of halogens is 1. The van der Waals surface area contributed by atoms with Gasteiger partial charge in [0.15, 0.2) is 0 Å². The van der Waals surface area contributed by atoms with Crippen LogP contribution in [0.4, 0.5) is 10.1 Å². The van der Waals surface area contributed by atoms with Gasteiger partial charge in [0.25, 0.3) is 0 Å². The monoisotopic (exact) mass is 424 g/mol. The predicted molar refractivity (Wildman–Crippen MR) is 119 cm³/mol. The third-order valence-electron chi connectivity index (χ3n) is 4.85. The Balaban J connectivity index is 0.000000187. The van der Waals surface area contributed by atoms with E-state index >= 15 is 0 Å². The van der Waals surface area contributed by atoms with Gasteiger partial charge in [-0.3, -0.25) is 4.98 Å². The standard InChI is InChI=1S/C16H15FS.C8H10N2O2/c17-14-6-3-7-15(11-14)18-16-9-8-12-4-1-2-5-13(12)10-16;1-9-7-5-10-4-3-6(7)8(11)12-2/h3,6-11H,1-2,4-5H2;3-5,9H,1-2H3. The summed E-state index contributed by atoms with van der Waals surface area (Å²) >= 11 is 1.63. The Hall–Kier alpha value is -2.86. The smallest absolute Gasteiger partial charge is 0.340 e. The molecular formula is C24H25FN2O2S. The molecule has 0 saturated carbocycles. The van der Waals surface area contributed by atoms with Gasteiger partial charge in [-0.15, -0.1) is 0 Å². The fourth-order valence-corrected chi connectivity index (χ4v) is 4.25. The topological polar surface area (TPSA) is 51.2 Å². The number of aryl methyl sites for hydroxylation is 2. The third-order valence-corrected chi connectivity index (χ3v) is 5.83. The lowest BCUT2D eigenvalue weighted by atomic mass is 9.92. The van der Waals surface area contributed by atoms with Crippen molar-refractivity contribution in [3.63, 3.8) is 0 Å². The normalized spacial score (nSPS) is 12.2. The molecule has 1 heterocycles. The van der Waals surface area contributed by atoms with Crippen LogP contribution in [0, 0.1) is 5.82 Å². The Morgan fingerprint density at radius 2 is 1.83 bits per heavy atom. The molecule has 156 valence electrons. The maximum Gasteiger partial charge on any atom is 0.340 e. The van der Waals surface area contributed by atoms with Gasteiger partial charge in [-0.1, -0.05) is 23.9 Å². The second-order valence-corrected chi connectivity index (χ2v) is 8.01. The molecule has 6 heteroatoms. The zero-order valence-electron chi connectivity index (χ0n) is 17.2. The highest BCUT2D eigenvalue weighted by Crippen LogP contribution is 2.31. The molecule has 0 unspecified atom stereocenters. The maximum atomic E-state index is 13.1. The molecule has 0 atom stereocenters. The Morgan fingerprint density at radius 1 is 1.07 bits per heavy atom. The molecular weight excluding hydrogens is 399 g/mol. The molecule has 1 aliphatic rings. The predicted octanol–water partition coefficient (Wildman–Crippen LogP) is 5.77. The van der Waals surface area contributed by atoms with Crippen molar-refractivity contribution in [3.05, 3.63) is 83.4 Å². The van der Waals surface area contributed by atoms with Crippen LogP contribution in [0.3, 0.4) is 0 Å². The molecule has 0 saturated heterocycles.